The first kappa shape index (κ1) is 25.7. The van der Waals surface area contributed by atoms with Gasteiger partial charge in [0.05, 0.1) is 11.2 Å². The van der Waals surface area contributed by atoms with E-state index in [1.54, 1.807) is 22.7 Å². The number of nitrogens with zero attached hydrogens (tertiary/aromatic N) is 5. The molecule has 3 N–H and O–H groups in total. The largest absolute Gasteiger partial charge is 0.457 e. The second-order valence-corrected chi connectivity index (χ2v) is 9.24. The summed E-state index contributed by atoms with van der Waals surface area (Å²) in [5.74, 6) is 1.83. The number of pyridine rings is 2. The molecule has 0 unspecified atom stereocenters. The first-order valence-electron chi connectivity index (χ1n) is 12.6. The molecule has 3 aromatic heterocycles. The highest BCUT2D eigenvalue weighted by molar-refractivity contribution is 5.89. The Morgan fingerprint density at radius 3 is 2.69 bits per heavy atom. The molecule has 198 valence electrons. The SMILES string of the molecule is C=CC(=O)N1CC=C(c2ccc3ncnc(Nc4ccc(Oc5cc(C)n(NC)c(=N)c5)c(C)c4)c3n2)CC1. The van der Waals surface area contributed by atoms with Crippen molar-refractivity contribution >= 4 is 34.0 Å². The topological polar surface area (TPSA) is 121 Å². The molecule has 5 rings (SSSR count). The predicted molar refractivity (Wildman–Crippen MR) is 152 cm³/mol. The zero-order chi connectivity index (χ0) is 27.5. The van der Waals surface area contributed by atoms with Crippen LogP contribution in [0, 0.1) is 19.3 Å². The van der Waals surface area contributed by atoms with Crippen LogP contribution in [0.1, 0.15) is 23.4 Å². The van der Waals surface area contributed by atoms with Gasteiger partial charge in [-0.3, -0.25) is 10.2 Å². The summed E-state index contributed by atoms with van der Waals surface area (Å²) in [7, 11) is 1.77. The molecule has 0 fully saturated rings. The Morgan fingerprint density at radius 1 is 1.15 bits per heavy atom. The Balaban J connectivity index is 1.38. The van der Waals surface area contributed by atoms with E-state index in [-0.39, 0.29) is 5.91 Å². The number of carbonyl (C=O) groups excluding carboxylic acids is 1. The number of anilines is 2. The van der Waals surface area contributed by atoms with Gasteiger partial charge in [-0.25, -0.2) is 19.6 Å². The Morgan fingerprint density at radius 2 is 2.00 bits per heavy atom. The lowest BCUT2D eigenvalue weighted by Gasteiger charge is -2.25. The maximum atomic E-state index is 11.9. The van der Waals surface area contributed by atoms with Crippen LogP contribution in [0.25, 0.3) is 16.6 Å². The van der Waals surface area contributed by atoms with Gasteiger partial charge in [0, 0.05) is 43.7 Å². The number of rotatable bonds is 7. The second kappa shape index (κ2) is 10.8. The Bertz CT molecular complexity index is 1670. The van der Waals surface area contributed by atoms with E-state index >= 15 is 0 Å². The van der Waals surface area contributed by atoms with E-state index in [0.717, 1.165) is 33.7 Å². The standard InChI is InChI=1S/C29H30N8O2/c1-5-27(38)36-12-10-20(11-13-36)23-7-8-24-28(35-23)29(33-17-32-24)34-21-6-9-25(18(2)14-21)39-22-15-19(3)37(31-4)26(30)16-22/h5-10,14-17,30-31H,1,11-13H2,2-4H3,(H,32,33,34). The van der Waals surface area contributed by atoms with E-state index in [2.05, 4.69) is 27.3 Å². The van der Waals surface area contributed by atoms with Gasteiger partial charge in [-0.15, -0.1) is 0 Å². The molecule has 1 amide bonds. The summed E-state index contributed by atoms with van der Waals surface area (Å²) >= 11 is 0. The molecule has 0 atom stereocenters. The van der Waals surface area contributed by atoms with Crippen LogP contribution in [0.2, 0.25) is 0 Å². The van der Waals surface area contributed by atoms with E-state index in [9.17, 15) is 4.79 Å². The first-order chi connectivity index (χ1) is 18.9. The van der Waals surface area contributed by atoms with Crippen LogP contribution in [0.15, 0.2) is 67.5 Å². The zero-order valence-electron chi connectivity index (χ0n) is 22.2. The molecule has 0 radical (unpaired) electrons. The number of aromatic nitrogens is 4. The molecule has 4 aromatic rings. The molecule has 0 spiro atoms. The van der Waals surface area contributed by atoms with Crippen LogP contribution >= 0.6 is 0 Å². The zero-order valence-corrected chi connectivity index (χ0v) is 22.2. The van der Waals surface area contributed by atoms with Crippen molar-refractivity contribution < 1.29 is 9.53 Å². The lowest BCUT2D eigenvalue weighted by atomic mass is 10.0. The number of hydrogen-bond donors (Lipinski definition) is 3. The van der Waals surface area contributed by atoms with Gasteiger partial charge >= 0.3 is 0 Å². The summed E-state index contributed by atoms with van der Waals surface area (Å²) in [5.41, 5.74) is 9.23. The minimum atomic E-state index is -0.0645. The van der Waals surface area contributed by atoms with Crippen LogP contribution in [-0.2, 0) is 4.79 Å². The molecule has 1 aliphatic heterocycles. The van der Waals surface area contributed by atoms with E-state index < -0.39 is 0 Å². The highest BCUT2D eigenvalue weighted by Crippen LogP contribution is 2.30. The van der Waals surface area contributed by atoms with Gasteiger partial charge in [-0.2, -0.15) is 0 Å². The van der Waals surface area contributed by atoms with Gasteiger partial charge in [0.2, 0.25) is 5.91 Å². The van der Waals surface area contributed by atoms with Crippen molar-refractivity contribution in [2.75, 3.05) is 30.9 Å². The average molecular weight is 523 g/mol. The van der Waals surface area contributed by atoms with Crippen molar-refractivity contribution in [1.29, 1.82) is 5.41 Å². The minimum absolute atomic E-state index is 0.0645. The molecular weight excluding hydrogens is 492 g/mol. The van der Waals surface area contributed by atoms with E-state index in [1.807, 2.05) is 56.3 Å². The van der Waals surface area contributed by atoms with E-state index in [4.69, 9.17) is 15.1 Å². The van der Waals surface area contributed by atoms with Crippen LogP contribution in [0.3, 0.4) is 0 Å². The number of amides is 1. The smallest absolute Gasteiger partial charge is 0.246 e. The van der Waals surface area contributed by atoms with Gasteiger partial charge < -0.3 is 20.4 Å². The second-order valence-electron chi connectivity index (χ2n) is 9.24. The molecule has 1 aliphatic rings. The maximum Gasteiger partial charge on any atom is 0.246 e. The quantitative estimate of drug-likeness (QED) is 0.307. The number of nitrogens with one attached hydrogen (secondary N) is 3. The first-order valence-corrected chi connectivity index (χ1v) is 12.6. The van der Waals surface area contributed by atoms with E-state index in [1.165, 1.54) is 12.4 Å². The van der Waals surface area contributed by atoms with Gasteiger partial charge in [0.25, 0.3) is 0 Å². The van der Waals surface area contributed by atoms with Gasteiger partial charge in [0.1, 0.15) is 28.8 Å². The normalized spacial score (nSPS) is 13.1. The van der Waals surface area contributed by atoms with Crippen LogP contribution in [-0.4, -0.2) is 50.6 Å². The summed E-state index contributed by atoms with van der Waals surface area (Å²) in [6.45, 7) is 8.61. The lowest BCUT2D eigenvalue weighted by Crippen LogP contribution is -2.33. The molecule has 10 heteroatoms. The maximum absolute atomic E-state index is 11.9. The Kier molecular flexibility index (Phi) is 7.09. The number of aryl methyl sites for hydroxylation is 2. The molecule has 4 heterocycles. The lowest BCUT2D eigenvalue weighted by molar-refractivity contribution is -0.125. The fourth-order valence-corrected chi connectivity index (χ4v) is 4.60. The number of carbonyl (C=O) groups is 1. The van der Waals surface area contributed by atoms with Crippen molar-refractivity contribution in [2.24, 2.45) is 0 Å². The van der Waals surface area contributed by atoms with E-state index in [0.29, 0.717) is 47.8 Å². The molecule has 0 saturated heterocycles. The van der Waals surface area contributed by atoms with Crippen LogP contribution < -0.4 is 21.0 Å². The van der Waals surface area contributed by atoms with Crippen LogP contribution in [0.4, 0.5) is 11.5 Å². The molecule has 0 bridgehead atoms. The molecule has 0 saturated carbocycles. The third-order valence-corrected chi connectivity index (χ3v) is 6.62. The molecule has 39 heavy (non-hydrogen) atoms. The number of ether oxygens (including phenoxy) is 1. The van der Waals surface area contributed by atoms with Gasteiger partial charge in [0.15, 0.2) is 5.82 Å². The average Bonchev–Trinajstić information content (AvgIpc) is 2.94. The number of fused-ring (bicyclic) bond motifs is 1. The Hall–Kier alpha value is -4.99. The monoisotopic (exact) mass is 522 g/mol. The van der Waals surface area contributed by atoms with Gasteiger partial charge in [-0.1, -0.05) is 12.7 Å². The highest BCUT2D eigenvalue weighted by Gasteiger charge is 2.17. The van der Waals surface area contributed by atoms with Crippen molar-refractivity contribution in [3.63, 3.8) is 0 Å². The minimum Gasteiger partial charge on any atom is -0.457 e. The third kappa shape index (κ3) is 5.35. The van der Waals surface area contributed by atoms with Crippen molar-refractivity contribution in [2.45, 2.75) is 20.3 Å². The fraction of sp³-hybridized carbons (Fsp3) is 0.207. The molecular formula is C29H30N8O2. The van der Waals surface area contributed by atoms with Gasteiger partial charge in [-0.05, 0) is 67.8 Å². The van der Waals surface area contributed by atoms with Crippen molar-refractivity contribution in [1.82, 2.24) is 24.5 Å². The third-order valence-electron chi connectivity index (χ3n) is 6.62. The highest BCUT2D eigenvalue weighted by atomic mass is 16.5. The summed E-state index contributed by atoms with van der Waals surface area (Å²) < 4.78 is 7.76. The molecule has 1 aromatic carbocycles. The summed E-state index contributed by atoms with van der Waals surface area (Å²) in [6, 6.07) is 13.2. The Labute approximate surface area is 226 Å². The summed E-state index contributed by atoms with van der Waals surface area (Å²) in [6.07, 6.45) is 5.61. The van der Waals surface area contributed by atoms with Crippen molar-refractivity contribution in [3.05, 3.63) is 90.0 Å². The molecule has 0 aliphatic carbocycles. The fourth-order valence-electron chi connectivity index (χ4n) is 4.60. The number of hydrogen-bond acceptors (Lipinski definition) is 8. The predicted octanol–water partition coefficient (Wildman–Crippen LogP) is 4.43. The van der Waals surface area contributed by atoms with Crippen molar-refractivity contribution in [3.8, 4) is 11.5 Å². The number of benzene rings is 1. The summed E-state index contributed by atoms with van der Waals surface area (Å²) in [5, 5.41) is 11.6. The molecule has 10 nitrogen and oxygen atoms in total. The summed E-state index contributed by atoms with van der Waals surface area (Å²) in [4.78, 5) is 27.4. The van der Waals surface area contributed by atoms with Crippen LogP contribution in [0.5, 0.6) is 11.5 Å².